The molecule has 1 amide bonds. The highest BCUT2D eigenvalue weighted by Gasteiger charge is 2.47. The van der Waals surface area contributed by atoms with E-state index in [4.69, 9.17) is 4.74 Å². The first-order valence-electron chi connectivity index (χ1n) is 12.2. The van der Waals surface area contributed by atoms with Crippen LogP contribution in [0.1, 0.15) is 29.9 Å². The summed E-state index contributed by atoms with van der Waals surface area (Å²) in [5.74, 6) is 2.76. The molecule has 2 aliphatic rings. The third-order valence-electron chi connectivity index (χ3n) is 7.59. The van der Waals surface area contributed by atoms with E-state index in [0.29, 0.717) is 18.2 Å². The third kappa shape index (κ3) is 3.62. The van der Waals surface area contributed by atoms with Gasteiger partial charge in [-0.1, -0.05) is 0 Å². The number of aryl methyl sites for hydroxylation is 1. The number of nitrogens with zero attached hydrogens (tertiary/aromatic N) is 7. The minimum atomic E-state index is -0.819. The van der Waals surface area contributed by atoms with E-state index in [1.165, 1.54) is 18.2 Å². The Kier molecular flexibility index (Phi) is 4.78. The summed E-state index contributed by atoms with van der Waals surface area (Å²) in [7, 11) is 0. The topological polar surface area (TPSA) is 122 Å². The lowest BCUT2D eigenvalue weighted by Crippen LogP contribution is -2.38. The standard InChI is InChI=1S/C26H24N8O3/c1-15-8-17(2-3-22(15)37-19-4-6-33-23(11-19)27-13-29-33)31-25-24-20(5-7-34(24)30-14-28-25)21-10-18-9-16(21)12-32(18)26(35)36/h2-8,11,13-14,16,18,21H,9-10,12H2,1H3,(H,35,36)(H,28,30,31)/t16-,18-,21-/m0/s1. The van der Waals surface area contributed by atoms with Crippen LogP contribution < -0.4 is 10.1 Å². The highest BCUT2D eigenvalue weighted by molar-refractivity contribution is 5.78. The van der Waals surface area contributed by atoms with Crippen molar-refractivity contribution in [2.75, 3.05) is 11.9 Å². The van der Waals surface area contributed by atoms with E-state index in [2.05, 4.69) is 31.5 Å². The number of likely N-dealkylation sites (tertiary alicyclic amines) is 1. The van der Waals surface area contributed by atoms with Crippen LogP contribution in [0.3, 0.4) is 0 Å². The number of rotatable bonds is 5. The molecule has 0 spiro atoms. The molecule has 2 bridgehead atoms. The summed E-state index contributed by atoms with van der Waals surface area (Å²) in [5.41, 5.74) is 4.67. The van der Waals surface area contributed by atoms with Crippen LogP contribution in [0.25, 0.3) is 11.2 Å². The number of hydrogen-bond donors (Lipinski definition) is 2. The summed E-state index contributed by atoms with van der Waals surface area (Å²) in [6, 6.07) is 11.8. The van der Waals surface area contributed by atoms with E-state index in [9.17, 15) is 9.90 Å². The van der Waals surface area contributed by atoms with Gasteiger partial charge in [0.25, 0.3) is 0 Å². The summed E-state index contributed by atoms with van der Waals surface area (Å²) in [5, 5.41) is 21.5. The quantitative estimate of drug-likeness (QED) is 0.365. The molecule has 11 heteroatoms. The molecule has 186 valence electrons. The van der Waals surface area contributed by atoms with Gasteiger partial charge in [0, 0.05) is 36.7 Å². The second-order valence-electron chi connectivity index (χ2n) is 9.73. The first kappa shape index (κ1) is 21.6. The van der Waals surface area contributed by atoms with E-state index in [0.717, 1.165) is 46.8 Å². The highest BCUT2D eigenvalue weighted by atomic mass is 16.5. The summed E-state index contributed by atoms with van der Waals surface area (Å²) >= 11 is 0. The molecule has 37 heavy (non-hydrogen) atoms. The predicted octanol–water partition coefficient (Wildman–Crippen LogP) is 4.47. The van der Waals surface area contributed by atoms with Crippen molar-refractivity contribution in [1.29, 1.82) is 0 Å². The van der Waals surface area contributed by atoms with Crippen molar-refractivity contribution in [3.63, 3.8) is 0 Å². The zero-order valence-corrected chi connectivity index (χ0v) is 20.0. The van der Waals surface area contributed by atoms with Crippen molar-refractivity contribution in [2.24, 2.45) is 5.92 Å². The summed E-state index contributed by atoms with van der Waals surface area (Å²) < 4.78 is 9.63. The number of carbonyl (C=O) groups is 1. The third-order valence-corrected chi connectivity index (χ3v) is 7.59. The average molecular weight is 497 g/mol. The van der Waals surface area contributed by atoms with Gasteiger partial charge in [-0.15, -0.1) is 0 Å². The molecule has 3 atom stereocenters. The normalized spacial score (nSPS) is 20.7. The Morgan fingerprint density at radius 3 is 2.70 bits per heavy atom. The molecular formula is C26H24N8O3. The summed E-state index contributed by atoms with van der Waals surface area (Å²) in [6.07, 6.45) is 7.73. The lowest BCUT2D eigenvalue weighted by Gasteiger charge is -2.29. The Balaban J connectivity index is 1.15. The Hall–Kier alpha value is -4.67. The van der Waals surface area contributed by atoms with Crippen LogP contribution in [0.2, 0.25) is 0 Å². The largest absolute Gasteiger partial charge is 0.465 e. The van der Waals surface area contributed by atoms with Crippen LogP contribution in [-0.4, -0.2) is 57.9 Å². The molecule has 1 saturated carbocycles. The van der Waals surface area contributed by atoms with Gasteiger partial charge in [0.15, 0.2) is 11.5 Å². The number of piperidine rings is 1. The molecule has 5 heterocycles. The van der Waals surface area contributed by atoms with Crippen LogP contribution in [0.5, 0.6) is 11.5 Å². The van der Waals surface area contributed by atoms with Crippen molar-refractivity contribution in [3.8, 4) is 11.5 Å². The van der Waals surface area contributed by atoms with Crippen molar-refractivity contribution in [3.05, 3.63) is 72.6 Å². The van der Waals surface area contributed by atoms with Gasteiger partial charge >= 0.3 is 6.09 Å². The first-order chi connectivity index (χ1) is 18.0. The van der Waals surface area contributed by atoms with Gasteiger partial charge < -0.3 is 20.1 Å². The Bertz CT molecular complexity index is 1660. The van der Waals surface area contributed by atoms with Crippen LogP contribution in [0.4, 0.5) is 16.3 Å². The highest BCUT2D eigenvalue weighted by Crippen LogP contribution is 2.49. The lowest BCUT2D eigenvalue weighted by atomic mass is 9.88. The Labute approximate surface area is 211 Å². The van der Waals surface area contributed by atoms with E-state index < -0.39 is 6.09 Å². The molecule has 1 saturated heterocycles. The maximum absolute atomic E-state index is 11.5. The number of hydrogen-bond acceptors (Lipinski definition) is 7. The van der Waals surface area contributed by atoms with Crippen molar-refractivity contribution < 1.29 is 14.6 Å². The fourth-order valence-corrected chi connectivity index (χ4v) is 5.90. The smallest absolute Gasteiger partial charge is 0.407 e. The van der Waals surface area contributed by atoms with E-state index >= 15 is 0 Å². The minimum absolute atomic E-state index is 0.0872. The van der Waals surface area contributed by atoms with Gasteiger partial charge in [0.1, 0.15) is 29.7 Å². The SMILES string of the molecule is Cc1cc(Nc2ncnn3ccc([C@H]4C[C@@H]5C[C@H]4CN5C(=O)O)c23)ccc1Oc1ccn2ncnc2c1. The summed E-state index contributed by atoms with van der Waals surface area (Å²) in [6.45, 7) is 2.58. The molecule has 0 unspecified atom stereocenters. The van der Waals surface area contributed by atoms with Crippen LogP contribution >= 0.6 is 0 Å². The second kappa shape index (κ2) is 8.19. The molecule has 0 radical (unpaired) electrons. The number of benzene rings is 1. The molecule has 11 nitrogen and oxygen atoms in total. The molecule has 1 aromatic carbocycles. The van der Waals surface area contributed by atoms with Crippen molar-refractivity contribution in [1.82, 2.24) is 34.1 Å². The summed E-state index contributed by atoms with van der Waals surface area (Å²) in [4.78, 5) is 21.9. The zero-order chi connectivity index (χ0) is 25.1. The fraction of sp³-hybridized carbons (Fsp3) is 0.269. The second-order valence-corrected chi connectivity index (χ2v) is 9.73. The van der Waals surface area contributed by atoms with E-state index in [1.54, 1.807) is 9.42 Å². The van der Waals surface area contributed by atoms with E-state index in [-0.39, 0.29) is 12.0 Å². The van der Waals surface area contributed by atoms with E-state index in [1.807, 2.05) is 54.2 Å². The van der Waals surface area contributed by atoms with Gasteiger partial charge in [-0.05, 0) is 73.1 Å². The average Bonchev–Trinajstić information content (AvgIpc) is 3.68. The molecule has 4 aromatic heterocycles. The number of pyridine rings is 1. The van der Waals surface area contributed by atoms with Gasteiger partial charge in [0.05, 0.1) is 0 Å². The molecular weight excluding hydrogens is 472 g/mol. The number of anilines is 2. The molecule has 7 rings (SSSR count). The maximum atomic E-state index is 11.5. The molecule has 2 N–H and O–H groups in total. The molecule has 2 fully saturated rings. The first-order valence-corrected chi connectivity index (χ1v) is 12.2. The molecule has 1 aliphatic carbocycles. The van der Waals surface area contributed by atoms with Crippen molar-refractivity contribution in [2.45, 2.75) is 31.7 Å². The van der Waals surface area contributed by atoms with Crippen LogP contribution in [0.15, 0.2) is 61.4 Å². The molecule has 1 aliphatic heterocycles. The predicted molar refractivity (Wildman–Crippen MR) is 134 cm³/mol. The number of aromatic nitrogens is 6. The van der Waals surface area contributed by atoms with Crippen molar-refractivity contribution >= 4 is 28.8 Å². The number of amides is 1. The van der Waals surface area contributed by atoms with Gasteiger partial charge in [-0.2, -0.15) is 10.2 Å². The molecule has 5 aromatic rings. The zero-order valence-electron chi connectivity index (χ0n) is 20.0. The lowest BCUT2D eigenvalue weighted by molar-refractivity contribution is 0.127. The Morgan fingerprint density at radius 2 is 1.89 bits per heavy atom. The minimum Gasteiger partial charge on any atom is -0.465 e. The van der Waals surface area contributed by atoms with Crippen LogP contribution in [-0.2, 0) is 0 Å². The Morgan fingerprint density at radius 1 is 1.05 bits per heavy atom. The maximum Gasteiger partial charge on any atom is 0.407 e. The van der Waals surface area contributed by atoms with Gasteiger partial charge in [0.2, 0.25) is 0 Å². The van der Waals surface area contributed by atoms with Gasteiger partial charge in [-0.25, -0.2) is 23.8 Å². The monoisotopic (exact) mass is 496 g/mol. The number of ether oxygens (including phenoxy) is 1. The van der Waals surface area contributed by atoms with Crippen LogP contribution in [0, 0.1) is 12.8 Å². The number of nitrogens with one attached hydrogen (secondary N) is 1. The number of carboxylic acid groups (broad SMARTS) is 1. The fourth-order valence-electron chi connectivity index (χ4n) is 5.90. The van der Waals surface area contributed by atoms with Gasteiger partial charge in [-0.3, -0.25) is 0 Å². The number of fused-ring (bicyclic) bond motifs is 4.